The van der Waals surface area contributed by atoms with E-state index in [-0.39, 0.29) is 17.3 Å². The fourth-order valence-electron chi connectivity index (χ4n) is 3.47. The van der Waals surface area contributed by atoms with Gasteiger partial charge in [0.2, 0.25) is 15.9 Å². The zero-order chi connectivity index (χ0) is 21.7. The van der Waals surface area contributed by atoms with Crippen molar-refractivity contribution in [2.45, 2.75) is 50.6 Å². The molecule has 0 spiro atoms. The van der Waals surface area contributed by atoms with Crippen molar-refractivity contribution in [2.24, 2.45) is 0 Å². The van der Waals surface area contributed by atoms with Crippen LogP contribution in [0.15, 0.2) is 35.4 Å². The van der Waals surface area contributed by atoms with Crippen LogP contribution in [0.3, 0.4) is 0 Å². The number of carbonyl (C=O) groups is 1. The number of nitrogens with zero attached hydrogens (tertiary/aromatic N) is 3. The fraction of sp³-hybridized carbons (Fsp3) is 0.500. The molecule has 7 nitrogen and oxygen atoms in total. The monoisotopic (exact) mass is 470 g/mol. The predicted molar refractivity (Wildman–Crippen MR) is 121 cm³/mol. The Kier molecular flexibility index (Phi) is 7.73. The summed E-state index contributed by atoms with van der Waals surface area (Å²) in [7, 11) is -3.91. The van der Waals surface area contributed by atoms with E-state index in [2.05, 4.69) is 29.0 Å². The quantitative estimate of drug-likeness (QED) is 0.638. The van der Waals surface area contributed by atoms with Crippen LogP contribution < -0.4 is 10.2 Å². The lowest BCUT2D eigenvalue weighted by Gasteiger charge is -2.28. The van der Waals surface area contributed by atoms with Crippen LogP contribution in [-0.4, -0.2) is 49.3 Å². The van der Waals surface area contributed by atoms with E-state index in [1.54, 1.807) is 18.3 Å². The van der Waals surface area contributed by atoms with Crippen molar-refractivity contribution in [2.75, 3.05) is 24.5 Å². The molecule has 1 aliphatic rings. The fourth-order valence-corrected chi connectivity index (χ4v) is 6.31. The van der Waals surface area contributed by atoms with Gasteiger partial charge in [-0.25, -0.2) is 13.4 Å². The van der Waals surface area contributed by atoms with Gasteiger partial charge in [-0.15, -0.1) is 11.3 Å². The first-order chi connectivity index (χ1) is 14.4. The number of aromatic nitrogens is 1. The third-order valence-electron chi connectivity index (χ3n) is 5.16. The molecule has 30 heavy (non-hydrogen) atoms. The average Bonchev–Trinajstić information content (AvgIpc) is 3.08. The highest BCUT2D eigenvalue weighted by molar-refractivity contribution is 7.89. The molecule has 1 atom stereocenters. The molecule has 0 radical (unpaired) electrons. The number of thiazole rings is 1. The second kappa shape index (κ2) is 10.1. The highest BCUT2D eigenvalue weighted by Gasteiger charge is 2.37. The minimum Gasteiger partial charge on any atom is -0.355 e. The Balaban J connectivity index is 1.97. The number of amides is 1. The van der Waals surface area contributed by atoms with Crippen molar-refractivity contribution in [3.8, 4) is 0 Å². The maximum atomic E-state index is 13.5. The predicted octanol–water partition coefficient (Wildman–Crippen LogP) is 3.50. The molecule has 164 valence electrons. The second-order valence-electron chi connectivity index (χ2n) is 7.09. The normalized spacial score (nSPS) is 17.6. The SMILES string of the molecule is CCN(CC)c1ncc(CN(C2CCCCNC2=O)S(=O)(=O)c2ccc(Cl)cc2)s1. The number of hydrogen-bond acceptors (Lipinski definition) is 6. The highest BCUT2D eigenvalue weighted by Crippen LogP contribution is 2.29. The Morgan fingerprint density at radius 1 is 1.20 bits per heavy atom. The number of anilines is 1. The van der Waals surface area contributed by atoms with Gasteiger partial charge in [-0.1, -0.05) is 11.6 Å². The van der Waals surface area contributed by atoms with Crippen molar-refractivity contribution in [3.05, 3.63) is 40.4 Å². The van der Waals surface area contributed by atoms with Gasteiger partial charge in [0.05, 0.1) is 11.4 Å². The highest BCUT2D eigenvalue weighted by atomic mass is 35.5. The number of halogens is 1. The molecule has 1 fully saturated rings. The van der Waals surface area contributed by atoms with Gasteiger partial charge in [-0.3, -0.25) is 4.79 Å². The lowest BCUT2D eigenvalue weighted by atomic mass is 10.1. The zero-order valence-corrected chi connectivity index (χ0v) is 19.6. The molecule has 2 aromatic rings. The topological polar surface area (TPSA) is 82.6 Å². The van der Waals surface area contributed by atoms with Gasteiger partial charge in [0.1, 0.15) is 6.04 Å². The summed E-state index contributed by atoms with van der Waals surface area (Å²) in [6.07, 6.45) is 3.81. The summed E-state index contributed by atoms with van der Waals surface area (Å²) in [5, 5.41) is 4.16. The molecule has 1 amide bonds. The van der Waals surface area contributed by atoms with Crippen molar-refractivity contribution < 1.29 is 13.2 Å². The van der Waals surface area contributed by atoms with Gasteiger partial charge in [-0.05, 0) is 57.4 Å². The summed E-state index contributed by atoms with van der Waals surface area (Å²) >= 11 is 7.40. The molecule has 1 aromatic carbocycles. The van der Waals surface area contributed by atoms with Gasteiger partial charge in [0.15, 0.2) is 5.13 Å². The molecule has 1 unspecified atom stereocenters. The van der Waals surface area contributed by atoms with E-state index in [0.29, 0.717) is 18.0 Å². The van der Waals surface area contributed by atoms with Crippen molar-refractivity contribution in [3.63, 3.8) is 0 Å². The van der Waals surface area contributed by atoms with Crippen LogP contribution in [-0.2, 0) is 21.4 Å². The number of carbonyl (C=O) groups excluding carboxylic acids is 1. The lowest BCUT2D eigenvalue weighted by molar-refractivity contribution is -0.124. The molecule has 3 rings (SSSR count). The number of hydrogen-bond donors (Lipinski definition) is 1. The van der Waals surface area contributed by atoms with E-state index in [1.807, 2.05) is 0 Å². The van der Waals surface area contributed by atoms with Crippen LogP contribution >= 0.6 is 22.9 Å². The number of benzene rings is 1. The largest absolute Gasteiger partial charge is 0.355 e. The molecule has 2 heterocycles. The Labute approximate surface area is 187 Å². The van der Waals surface area contributed by atoms with Crippen LogP contribution in [0.5, 0.6) is 0 Å². The molecule has 0 aliphatic carbocycles. The van der Waals surface area contributed by atoms with E-state index in [9.17, 15) is 13.2 Å². The Morgan fingerprint density at radius 3 is 2.57 bits per heavy atom. The summed E-state index contributed by atoms with van der Waals surface area (Å²) in [6.45, 7) is 6.41. The molecule has 1 aliphatic heterocycles. The summed E-state index contributed by atoms with van der Waals surface area (Å²) in [5.41, 5.74) is 0. The van der Waals surface area contributed by atoms with E-state index in [4.69, 9.17) is 11.6 Å². The molecule has 1 saturated heterocycles. The first kappa shape index (κ1) is 23.0. The third kappa shape index (κ3) is 5.14. The first-order valence-electron chi connectivity index (χ1n) is 10.1. The smallest absolute Gasteiger partial charge is 0.244 e. The summed E-state index contributed by atoms with van der Waals surface area (Å²) in [4.78, 5) is 20.2. The minimum absolute atomic E-state index is 0.0992. The van der Waals surface area contributed by atoms with E-state index in [1.165, 1.54) is 27.8 Å². The third-order valence-corrected chi connectivity index (χ3v) is 8.32. The molecule has 0 saturated carbocycles. The van der Waals surface area contributed by atoms with Crippen molar-refractivity contribution in [1.82, 2.24) is 14.6 Å². The first-order valence-corrected chi connectivity index (χ1v) is 12.7. The molecule has 10 heteroatoms. The van der Waals surface area contributed by atoms with Crippen molar-refractivity contribution >= 4 is 44.0 Å². The number of rotatable bonds is 8. The standard InChI is InChI=1S/C20H27ClN4O3S2/c1-3-24(4-2)20-23-13-16(29-20)14-25(18-7-5-6-12-22-19(18)26)30(27,28)17-10-8-15(21)9-11-17/h8-11,13,18H,3-7,12,14H2,1-2H3,(H,22,26). The Hall–Kier alpha value is -1.68. The van der Waals surface area contributed by atoms with Gasteiger partial charge in [-0.2, -0.15) is 4.31 Å². The van der Waals surface area contributed by atoms with Crippen LogP contribution in [0, 0.1) is 0 Å². The van der Waals surface area contributed by atoms with E-state index >= 15 is 0 Å². The van der Waals surface area contributed by atoms with Crippen LogP contribution in [0.25, 0.3) is 0 Å². The Bertz CT molecular complexity index is 959. The number of nitrogens with one attached hydrogen (secondary N) is 1. The molecule has 1 N–H and O–H groups in total. The number of sulfonamides is 1. The van der Waals surface area contributed by atoms with E-state index in [0.717, 1.165) is 35.9 Å². The maximum absolute atomic E-state index is 13.5. The average molecular weight is 471 g/mol. The van der Waals surface area contributed by atoms with Crippen LogP contribution in [0.1, 0.15) is 38.0 Å². The van der Waals surface area contributed by atoms with Crippen molar-refractivity contribution in [1.29, 1.82) is 0 Å². The van der Waals surface area contributed by atoms with Gasteiger partial charge >= 0.3 is 0 Å². The second-order valence-corrected chi connectivity index (χ2v) is 10.5. The Morgan fingerprint density at radius 2 is 1.90 bits per heavy atom. The zero-order valence-electron chi connectivity index (χ0n) is 17.2. The van der Waals surface area contributed by atoms with Gasteiger partial charge < -0.3 is 10.2 Å². The lowest BCUT2D eigenvalue weighted by Crippen LogP contribution is -2.48. The molecule has 1 aromatic heterocycles. The molecular formula is C20H27ClN4O3S2. The van der Waals surface area contributed by atoms with Gasteiger partial charge in [0.25, 0.3) is 0 Å². The molecule has 0 bridgehead atoms. The van der Waals surface area contributed by atoms with Crippen LogP contribution in [0.4, 0.5) is 5.13 Å². The summed E-state index contributed by atoms with van der Waals surface area (Å²) in [5.74, 6) is -0.251. The summed E-state index contributed by atoms with van der Waals surface area (Å²) in [6, 6.07) is 5.29. The van der Waals surface area contributed by atoms with Crippen LogP contribution in [0.2, 0.25) is 5.02 Å². The van der Waals surface area contributed by atoms with E-state index < -0.39 is 16.1 Å². The maximum Gasteiger partial charge on any atom is 0.244 e. The van der Waals surface area contributed by atoms with Gasteiger partial charge in [0, 0.05) is 35.7 Å². The summed E-state index contributed by atoms with van der Waals surface area (Å²) < 4.78 is 28.4. The molecular weight excluding hydrogens is 444 g/mol. The minimum atomic E-state index is -3.91.